The van der Waals surface area contributed by atoms with Crippen LogP contribution in [-0.4, -0.2) is 34.8 Å². The first-order valence-electron chi connectivity index (χ1n) is 6.19. The SMILES string of the molecule is CC(C)(C)N(CC1OCCc2sc(Br)cc21)C(=O)O. The molecule has 2 heterocycles. The molecule has 0 fully saturated rings. The fourth-order valence-electron chi connectivity index (χ4n) is 2.22. The summed E-state index contributed by atoms with van der Waals surface area (Å²) < 4.78 is 6.85. The summed E-state index contributed by atoms with van der Waals surface area (Å²) in [5, 5.41) is 9.36. The maximum Gasteiger partial charge on any atom is 0.407 e. The van der Waals surface area contributed by atoms with Crippen LogP contribution < -0.4 is 0 Å². The summed E-state index contributed by atoms with van der Waals surface area (Å²) in [5.41, 5.74) is 0.693. The zero-order valence-corrected chi connectivity index (χ0v) is 13.7. The molecule has 0 saturated carbocycles. The molecule has 0 radical (unpaired) electrons. The minimum atomic E-state index is -0.905. The highest BCUT2D eigenvalue weighted by Gasteiger charge is 2.32. The van der Waals surface area contributed by atoms with E-state index in [1.54, 1.807) is 11.3 Å². The van der Waals surface area contributed by atoms with E-state index in [0.29, 0.717) is 13.2 Å². The first kappa shape index (κ1) is 14.8. The molecule has 2 rings (SSSR count). The van der Waals surface area contributed by atoms with Crippen LogP contribution in [0.5, 0.6) is 0 Å². The van der Waals surface area contributed by atoms with Crippen LogP contribution in [0.15, 0.2) is 9.85 Å². The van der Waals surface area contributed by atoms with Crippen molar-refractivity contribution in [2.75, 3.05) is 13.2 Å². The number of thiophene rings is 1. The first-order valence-corrected chi connectivity index (χ1v) is 7.80. The van der Waals surface area contributed by atoms with Gasteiger partial charge in [-0.25, -0.2) is 4.79 Å². The van der Waals surface area contributed by atoms with Gasteiger partial charge in [-0.15, -0.1) is 11.3 Å². The molecule has 4 nitrogen and oxygen atoms in total. The van der Waals surface area contributed by atoms with Gasteiger partial charge in [-0.2, -0.15) is 0 Å². The number of nitrogens with zero attached hydrogens (tertiary/aromatic N) is 1. The standard InChI is InChI=1S/C13H18BrNO3S/c1-13(2,3)15(12(16)17)7-9-8-6-11(14)19-10(8)4-5-18-9/h6,9H,4-5,7H2,1-3H3,(H,16,17). The van der Waals surface area contributed by atoms with E-state index in [9.17, 15) is 9.90 Å². The van der Waals surface area contributed by atoms with Crippen molar-refractivity contribution in [3.63, 3.8) is 0 Å². The molecule has 1 aromatic rings. The van der Waals surface area contributed by atoms with Gasteiger partial charge >= 0.3 is 6.09 Å². The number of rotatable bonds is 2. The minimum Gasteiger partial charge on any atom is -0.465 e. The molecule has 1 atom stereocenters. The van der Waals surface area contributed by atoms with Gasteiger partial charge in [0.2, 0.25) is 0 Å². The third-order valence-corrected chi connectivity index (χ3v) is 4.91. The zero-order chi connectivity index (χ0) is 14.2. The average Bonchev–Trinajstić information content (AvgIpc) is 2.64. The molecule has 1 aromatic heterocycles. The van der Waals surface area contributed by atoms with Gasteiger partial charge in [-0.05, 0) is 48.3 Å². The van der Waals surface area contributed by atoms with Crippen molar-refractivity contribution in [3.05, 3.63) is 20.3 Å². The Hall–Kier alpha value is -0.590. The Morgan fingerprint density at radius 2 is 2.32 bits per heavy atom. The Labute approximate surface area is 125 Å². The second kappa shape index (κ2) is 5.42. The van der Waals surface area contributed by atoms with Crippen molar-refractivity contribution < 1.29 is 14.6 Å². The Balaban J connectivity index is 2.22. The number of halogens is 1. The Morgan fingerprint density at radius 1 is 1.63 bits per heavy atom. The molecule has 0 aliphatic carbocycles. The predicted molar refractivity (Wildman–Crippen MR) is 78.9 cm³/mol. The molecule has 1 aliphatic rings. The molecular weight excluding hydrogens is 330 g/mol. The predicted octanol–water partition coefficient (Wildman–Crippen LogP) is 3.90. The molecule has 6 heteroatoms. The molecule has 0 aromatic carbocycles. The van der Waals surface area contributed by atoms with E-state index in [1.807, 2.05) is 26.8 Å². The number of hydrogen-bond donors (Lipinski definition) is 1. The van der Waals surface area contributed by atoms with E-state index < -0.39 is 11.6 Å². The Bertz CT molecular complexity index is 481. The molecule has 106 valence electrons. The highest BCUT2D eigenvalue weighted by molar-refractivity contribution is 9.11. The van der Waals surface area contributed by atoms with Crippen molar-refractivity contribution in [1.82, 2.24) is 4.90 Å². The van der Waals surface area contributed by atoms with Gasteiger partial charge < -0.3 is 14.7 Å². The van der Waals surface area contributed by atoms with Gasteiger partial charge in [-0.1, -0.05) is 0 Å². The van der Waals surface area contributed by atoms with Crippen LogP contribution in [-0.2, 0) is 11.2 Å². The van der Waals surface area contributed by atoms with Crippen LogP contribution in [0.4, 0.5) is 4.79 Å². The van der Waals surface area contributed by atoms with Gasteiger partial charge in [-0.3, -0.25) is 0 Å². The van der Waals surface area contributed by atoms with Crippen molar-refractivity contribution in [2.24, 2.45) is 0 Å². The molecule has 1 N–H and O–H groups in total. The number of amides is 1. The molecule has 1 amide bonds. The van der Waals surface area contributed by atoms with Gasteiger partial charge in [0.15, 0.2) is 0 Å². The van der Waals surface area contributed by atoms with Crippen LogP contribution in [0.3, 0.4) is 0 Å². The summed E-state index contributed by atoms with van der Waals surface area (Å²) in [6, 6.07) is 2.05. The van der Waals surface area contributed by atoms with Crippen LogP contribution in [0.1, 0.15) is 37.3 Å². The molecule has 19 heavy (non-hydrogen) atoms. The molecule has 1 aliphatic heterocycles. The van der Waals surface area contributed by atoms with Gasteiger partial charge in [0.05, 0.1) is 16.9 Å². The molecular formula is C13H18BrNO3S. The molecule has 0 spiro atoms. The summed E-state index contributed by atoms with van der Waals surface area (Å²) in [7, 11) is 0. The average molecular weight is 348 g/mol. The highest BCUT2D eigenvalue weighted by atomic mass is 79.9. The van der Waals surface area contributed by atoms with Crippen molar-refractivity contribution in [1.29, 1.82) is 0 Å². The van der Waals surface area contributed by atoms with Gasteiger partial charge in [0.25, 0.3) is 0 Å². The van der Waals surface area contributed by atoms with Crippen LogP contribution in [0.2, 0.25) is 0 Å². The Kier molecular flexibility index (Phi) is 4.23. The normalized spacial score (nSPS) is 19.1. The second-order valence-corrected chi connectivity index (χ2v) is 8.12. The van der Waals surface area contributed by atoms with Crippen molar-refractivity contribution in [2.45, 2.75) is 38.8 Å². The van der Waals surface area contributed by atoms with Crippen molar-refractivity contribution >= 4 is 33.4 Å². The monoisotopic (exact) mass is 347 g/mol. The first-order chi connectivity index (χ1) is 8.79. The summed E-state index contributed by atoms with van der Waals surface area (Å²) in [6.07, 6.45) is -0.163. The van der Waals surface area contributed by atoms with Crippen LogP contribution in [0, 0.1) is 0 Å². The fraction of sp³-hybridized carbons (Fsp3) is 0.615. The third-order valence-electron chi connectivity index (χ3n) is 3.20. The van der Waals surface area contributed by atoms with Crippen molar-refractivity contribution in [3.8, 4) is 0 Å². The van der Waals surface area contributed by atoms with Gasteiger partial charge in [0, 0.05) is 16.8 Å². The van der Waals surface area contributed by atoms with E-state index >= 15 is 0 Å². The molecule has 1 unspecified atom stereocenters. The lowest BCUT2D eigenvalue weighted by Crippen LogP contribution is -2.47. The topological polar surface area (TPSA) is 49.8 Å². The summed E-state index contributed by atoms with van der Waals surface area (Å²) in [5.74, 6) is 0. The maximum absolute atomic E-state index is 11.4. The van der Waals surface area contributed by atoms with E-state index in [2.05, 4.69) is 15.9 Å². The smallest absolute Gasteiger partial charge is 0.407 e. The number of hydrogen-bond acceptors (Lipinski definition) is 3. The molecule has 0 bridgehead atoms. The van der Waals surface area contributed by atoms with E-state index in [-0.39, 0.29) is 6.10 Å². The summed E-state index contributed by atoms with van der Waals surface area (Å²) in [6.45, 7) is 6.72. The molecule has 0 saturated heterocycles. The van der Waals surface area contributed by atoms with E-state index in [0.717, 1.165) is 15.8 Å². The summed E-state index contributed by atoms with van der Waals surface area (Å²) in [4.78, 5) is 14.1. The number of carbonyl (C=O) groups is 1. The lowest BCUT2D eigenvalue weighted by Gasteiger charge is -2.36. The highest BCUT2D eigenvalue weighted by Crippen LogP contribution is 2.37. The fourth-order valence-corrected chi connectivity index (χ4v) is 3.96. The third kappa shape index (κ3) is 3.30. The Morgan fingerprint density at radius 3 is 2.89 bits per heavy atom. The number of ether oxygens (including phenoxy) is 1. The summed E-state index contributed by atoms with van der Waals surface area (Å²) >= 11 is 5.20. The van der Waals surface area contributed by atoms with Crippen LogP contribution in [0.25, 0.3) is 0 Å². The lowest BCUT2D eigenvalue weighted by molar-refractivity contribution is 0.0000149. The lowest BCUT2D eigenvalue weighted by atomic mass is 10.0. The number of carboxylic acid groups (broad SMARTS) is 1. The zero-order valence-electron chi connectivity index (χ0n) is 11.3. The number of fused-ring (bicyclic) bond motifs is 1. The maximum atomic E-state index is 11.4. The largest absolute Gasteiger partial charge is 0.465 e. The quantitative estimate of drug-likeness (QED) is 0.882. The van der Waals surface area contributed by atoms with Gasteiger partial charge in [0.1, 0.15) is 6.10 Å². The van der Waals surface area contributed by atoms with E-state index in [4.69, 9.17) is 4.74 Å². The van der Waals surface area contributed by atoms with Crippen LogP contribution >= 0.6 is 27.3 Å². The minimum absolute atomic E-state index is 0.165. The van der Waals surface area contributed by atoms with E-state index in [1.165, 1.54) is 9.78 Å². The second-order valence-electron chi connectivity index (χ2n) is 5.60.